The summed E-state index contributed by atoms with van der Waals surface area (Å²) in [5.74, 6) is -0.397. The molecule has 33 heavy (non-hydrogen) atoms. The molecule has 0 saturated heterocycles. The largest absolute Gasteiger partial charge is 0.335 e. The molecule has 0 atom stereocenters. The van der Waals surface area contributed by atoms with E-state index in [0.29, 0.717) is 0 Å². The molecule has 11 heteroatoms. The predicted octanol–water partition coefficient (Wildman–Crippen LogP) is 4.28. The Morgan fingerprint density at radius 3 is 2.58 bits per heavy atom. The molecular formula is C22H18N4O5S2. The minimum Gasteiger partial charge on any atom is -0.335 e. The minimum absolute atomic E-state index is 0.0742. The molecule has 0 radical (unpaired) electrons. The number of aromatic nitrogens is 1. The van der Waals surface area contributed by atoms with Crippen molar-refractivity contribution < 1.29 is 18.1 Å². The Morgan fingerprint density at radius 2 is 1.82 bits per heavy atom. The van der Waals surface area contributed by atoms with Crippen molar-refractivity contribution in [3.8, 4) is 0 Å². The molecule has 9 nitrogen and oxygen atoms in total. The third kappa shape index (κ3) is 4.83. The molecule has 0 aliphatic rings. The number of carbonyl (C=O) groups excluding carboxylic acids is 1. The minimum atomic E-state index is -4.16. The van der Waals surface area contributed by atoms with Crippen molar-refractivity contribution in [1.29, 1.82) is 0 Å². The summed E-state index contributed by atoms with van der Waals surface area (Å²) in [6.07, 6.45) is 0. The lowest BCUT2D eigenvalue weighted by molar-refractivity contribution is -0.385. The van der Waals surface area contributed by atoms with E-state index in [0.717, 1.165) is 21.3 Å². The molecule has 0 saturated carbocycles. The van der Waals surface area contributed by atoms with E-state index in [2.05, 4.69) is 9.71 Å². The van der Waals surface area contributed by atoms with E-state index in [1.165, 1.54) is 46.6 Å². The first kappa shape index (κ1) is 22.4. The first-order valence-corrected chi connectivity index (χ1v) is 12.0. The third-order valence-corrected chi connectivity index (χ3v) is 7.18. The Kier molecular flexibility index (Phi) is 6.07. The third-order valence-electron chi connectivity index (χ3n) is 4.80. The molecule has 168 valence electrons. The standard InChI is InChI=1S/C22H18N4O5S2/c1-25(14-21-23-19-11-4-5-12-20(19)32-21)22(27)17-9-2-3-10-18(17)24-33(30,31)16-8-6-7-15(13-16)26(28)29/h2-13,24H,14H2,1H3. The van der Waals surface area contributed by atoms with Gasteiger partial charge in [0.2, 0.25) is 0 Å². The Hall–Kier alpha value is -3.83. The number of amides is 1. The average Bonchev–Trinajstić information content (AvgIpc) is 3.21. The molecular weight excluding hydrogens is 464 g/mol. The van der Waals surface area contributed by atoms with Crippen LogP contribution in [-0.4, -0.2) is 36.2 Å². The molecule has 0 aliphatic heterocycles. The molecule has 0 bridgehead atoms. The van der Waals surface area contributed by atoms with Crippen LogP contribution < -0.4 is 4.72 Å². The predicted molar refractivity (Wildman–Crippen MR) is 126 cm³/mol. The van der Waals surface area contributed by atoms with Crippen LogP contribution in [-0.2, 0) is 16.6 Å². The summed E-state index contributed by atoms with van der Waals surface area (Å²) in [5.41, 5.74) is 0.724. The molecule has 4 aromatic rings. The zero-order valence-corrected chi connectivity index (χ0v) is 19.0. The van der Waals surface area contributed by atoms with Gasteiger partial charge in [-0.15, -0.1) is 11.3 Å². The van der Waals surface area contributed by atoms with Crippen LogP contribution >= 0.6 is 11.3 Å². The second-order valence-electron chi connectivity index (χ2n) is 7.14. The van der Waals surface area contributed by atoms with Gasteiger partial charge in [-0.05, 0) is 30.3 Å². The topological polar surface area (TPSA) is 123 Å². The molecule has 1 N–H and O–H groups in total. The quantitative estimate of drug-likeness (QED) is 0.310. The monoisotopic (exact) mass is 482 g/mol. The van der Waals surface area contributed by atoms with Crippen LogP contribution in [0.15, 0.2) is 77.7 Å². The van der Waals surface area contributed by atoms with E-state index in [9.17, 15) is 23.3 Å². The fourth-order valence-corrected chi connectivity index (χ4v) is 5.33. The highest BCUT2D eigenvalue weighted by molar-refractivity contribution is 7.92. The van der Waals surface area contributed by atoms with E-state index in [1.54, 1.807) is 19.2 Å². The fourth-order valence-electron chi connectivity index (χ4n) is 3.19. The zero-order valence-electron chi connectivity index (χ0n) is 17.3. The van der Waals surface area contributed by atoms with Crippen LogP contribution in [0.5, 0.6) is 0 Å². The summed E-state index contributed by atoms with van der Waals surface area (Å²) in [5, 5.41) is 11.8. The molecule has 1 heterocycles. The summed E-state index contributed by atoms with van der Waals surface area (Å²) in [6.45, 7) is 0.254. The van der Waals surface area contributed by atoms with Crippen molar-refractivity contribution in [2.24, 2.45) is 0 Å². The number of thiazole rings is 1. The van der Waals surface area contributed by atoms with Crippen molar-refractivity contribution in [3.63, 3.8) is 0 Å². The number of hydrogen-bond acceptors (Lipinski definition) is 7. The first-order chi connectivity index (χ1) is 15.7. The number of nitro groups is 1. The number of nitro benzene ring substituents is 1. The molecule has 1 aromatic heterocycles. The van der Waals surface area contributed by atoms with Gasteiger partial charge < -0.3 is 4.90 Å². The van der Waals surface area contributed by atoms with Crippen LogP contribution in [0.3, 0.4) is 0 Å². The van der Waals surface area contributed by atoms with Crippen LogP contribution in [0.1, 0.15) is 15.4 Å². The smallest absolute Gasteiger partial charge is 0.270 e. The number of sulfonamides is 1. The van der Waals surface area contributed by atoms with Gasteiger partial charge >= 0.3 is 0 Å². The summed E-state index contributed by atoms with van der Waals surface area (Å²) >= 11 is 1.48. The SMILES string of the molecule is CN(Cc1nc2ccccc2s1)C(=O)c1ccccc1NS(=O)(=O)c1cccc([N+](=O)[O-])c1. The number of para-hydroxylation sites is 2. The highest BCUT2D eigenvalue weighted by Gasteiger charge is 2.22. The lowest BCUT2D eigenvalue weighted by atomic mass is 10.1. The maximum absolute atomic E-state index is 13.1. The molecule has 0 spiro atoms. The summed E-state index contributed by atoms with van der Waals surface area (Å²) < 4.78 is 29.1. The molecule has 3 aromatic carbocycles. The molecule has 0 fully saturated rings. The van der Waals surface area contributed by atoms with Crippen molar-refractivity contribution in [2.45, 2.75) is 11.4 Å². The van der Waals surface area contributed by atoms with Gasteiger partial charge in [0.15, 0.2) is 0 Å². The van der Waals surface area contributed by atoms with Gasteiger partial charge in [-0.1, -0.05) is 30.3 Å². The van der Waals surface area contributed by atoms with Crippen LogP contribution in [0.4, 0.5) is 11.4 Å². The zero-order chi connectivity index (χ0) is 23.6. The number of benzene rings is 3. The van der Waals surface area contributed by atoms with Gasteiger partial charge in [0.05, 0.1) is 37.8 Å². The Morgan fingerprint density at radius 1 is 1.09 bits per heavy atom. The average molecular weight is 483 g/mol. The highest BCUT2D eigenvalue weighted by atomic mass is 32.2. The Bertz CT molecular complexity index is 1430. The Labute approximate surface area is 193 Å². The second kappa shape index (κ2) is 8.96. The van der Waals surface area contributed by atoms with Crippen LogP contribution in [0, 0.1) is 10.1 Å². The number of non-ortho nitro benzene ring substituents is 1. The summed E-state index contributed by atoms with van der Waals surface area (Å²) in [6, 6.07) is 18.6. The maximum atomic E-state index is 13.1. The van der Waals surface area contributed by atoms with Crippen LogP contribution in [0.2, 0.25) is 0 Å². The second-order valence-corrected chi connectivity index (χ2v) is 9.94. The van der Waals surface area contributed by atoms with Crippen LogP contribution in [0.25, 0.3) is 10.2 Å². The number of rotatable bonds is 7. The van der Waals surface area contributed by atoms with E-state index in [1.807, 2.05) is 24.3 Å². The van der Waals surface area contributed by atoms with E-state index >= 15 is 0 Å². The maximum Gasteiger partial charge on any atom is 0.270 e. The summed E-state index contributed by atoms with van der Waals surface area (Å²) in [4.78, 5) is 29.2. The van der Waals surface area contributed by atoms with Crippen molar-refractivity contribution in [3.05, 3.63) is 93.5 Å². The lowest BCUT2D eigenvalue weighted by Crippen LogP contribution is -2.27. The van der Waals surface area contributed by atoms with Gasteiger partial charge in [-0.2, -0.15) is 0 Å². The van der Waals surface area contributed by atoms with E-state index < -0.39 is 20.9 Å². The van der Waals surface area contributed by atoms with Gasteiger partial charge in [0, 0.05) is 19.2 Å². The van der Waals surface area contributed by atoms with Crippen molar-refractivity contribution in [1.82, 2.24) is 9.88 Å². The van der Waals surface area contributed by atoms with Gasteiger partial charge in [-0.25, -0.2) is 13.4 Å². The first-order valence-electron chi connectivity index (χ1n) is 9.71. The number of fused-ring (bicyclic) bond motifs is 1. The number of carbonyl (C=O) groups is 1. The van der Waals surface area contributed by atoms with E-state index in [-0.39, 0.29) is 28.4 Å². The lowest BCUT2D eigenvalue weighted by Gasteiger charge is -2.18. The number of nitrogens with one attached hydrogen (secondary N) is 1. The normalized spacial score (nSPS) is 11.3. The fraction of sp³-hybridized carbons (Fsp3) is 0.0909. The molecule has 0 aliphatic carbocycles. The van der Waals surface area contributed by atoms with Gasteiger partial charge in [-0.3, -0.25) is 19.6 Å². The molecule has 0 unspecified atom stereocenters. The summed E-state index contributed by atoms with van der Waals surface area (Å²) in [7, 11) is -2.55. The Balaban J connectivity index is 1.58. The highest BCUT2D eigenvalue weighted by Crippen LogP contribution is 2.26. The number of hydrogen-bond donors (Lipinski definition) is 1. The number of anilines is 1. The molecule has 1 amide bonds. The van der Waals surface area contributed by atoms with Gasteiger partial charge in [0.1, 0.15) is 5.01 Å². The molecule has 4 rings (SSSR count). The van der Waals surface area contributed by atoms with E-state index in [4.69, 9.17) is 0 Å². The van der Waals surface area contributed by atoms with Crippen molar-refractivity contribution in [2.75, 3.05) is 11.8 Å². The van der Waals surface area contributed by atoms with Crippen molar-refractivity contribution >= 4 is 48.9 Å². The van der Waals surface area contributed by atoms with Gasteiger partial charge in [0.25, 0.3) is 21.6 Å². The number of nitrogens with zero attached hydrogens (tertiary/aromatic N) is 3.